The molecule has 0 aliphatic rings. The highest BCUT2D eigenvalue weighted by atomic mass is 15.1. The lowest BCUT2D eigenvalue weighted by molar-refractivity contribution is 1.09. The van der Waals surface area contributed by atoms with Gasteiger partial charge in [0.2, 0.25) is 0 Å². The molecule has 0 spiro atoms. The van der Waals surface area contributed by atoms with E-state index in [-0.39, 0.29) is 0 Å². The topological polar surface area (TPSA) is 79.6 Å². The Morgan fingerprint density at radius 2 is 2.31 bits per heavy atom. The molecule has 2 heterocycles. The van der Waals surface area contributed by atoms with Crippen molar-refractivity contribution in [2.45, 2.75) is 0 Å². The number of aromatic amines is 1. The van der Waals surface area contributed by atoms with Crippen molar-refractivity contribution in [2.24, 2.45) is 0 Å². The predicted octanol–water partition coefficient (Wildman–Crippen LogP) is 1.13. The minimum absolute atomic E-state index is 0.494. The first-order chi connectivity index (χ1) is 6.34. The van der Waals surface area contributed by atoms with Gasteiger partial charge in [-0.3, -0.25) is 5.10 Å². The number of aromatic nitrogens is 3. The molecule has 2 aromatic heterocycles. The van der Waals surface area contributed by atoms with E-state index in [2.05, 4.69) is 20.5 Å². The van der Waals surface area contributed by atoms with Crippen LogP contribution in [-0.4, -0.2) is 15.2 Å². The normalized spacial score (nSPS) is 9.85. The van der Waals surface area contributed by atoms with Crippen LogP contribution in [-0.2, 0) is 0 Å². The molecule has 0 aromatic carbocycles. The molecule has 5 nitrogen and oxygen atoms in total. The van der Waals surface area contributed by atoms with E-state index in [4.69, 9.17) is 5.73 Å². The summed E-state index contributed by atoms with van der Waals surface area (Å²) in [6.07, 6.45) is 5.10. The molecule has 0 saturated carbocycles. The number of H-pyrrole nitrogens is 1. The van der Waals surface area contributed by atoms with Gasteiger partial charge < -0.3 is 11.1 Å². The van der Waals surface area contributed by atoms with Crippen molar-refractivity contribution < 1.29 is 0 Å². The Labute approximate surface area is 75.0 Å². The second-order valence-corrected chi connectivity index (χ2v) is 2.58. The quantitative estimate of drug-likeness (QED) is 0.639. The van der Waals surface area contributed by atoms with Crippen LogP contribution in [0.15, 0.2) is 30.7 Å². The van der Waals surface area contributed by atoms with Gasteiger partial charge in [-0.05, 0) is 6.07 Å². The lowest BCUT2D eigenvalue weighted by Crippen LogP contribution is -1.92. The van der Waals surface area contributed by atoms with Crippen molar-refractivity contribution in [3.05, 3.63) is 30.7 Å². The van der Waals surface area contributed by atoms with Crippen molar-refractivity contribution in [2.75, 3.05) is 11.1 Å². The minimum atomic E-state index is 0.494. The van der Waals surface area contributed by atoms with Crippen LogP contribution >= 0.6 is 0 Å². The number of nitrogens with two attached hydrogens (primary N) is 1. The fraction of sp³-hybridized carbons (Fsp3) is 0. The zero-order chi connectivity index (χ0) is 9.10. The Morgan fingerprint density at radius 1 is 1.38 bits per heavy atom. The molecular weight excluding hydrogens is 166 g/mol. The molecule has 0 amide bonds. The van der Waals surface area contributed by atoms with E-state index in [0.29, 0.717) is 5.82 Å². The van der Waals surface area contributed by atoms with E-state index in [0.717, 1.165) is 11.4 Å². The summed E-state index contributed by atoms with van der Waals surface area (Å²) < 4.78 is 0. The number of anilines is 3. The molecule has 66 valence electrons. The highest BCUT2D eigenvalue weighted by Crippen LogP contribution is 2.15. The molecule has 0 saturated heterocycles. The van der Waals surface area contributed by atoms with Crippen molar-refractivity contribution in [3.63, 3.8) is 0 Å². The smallest absolute Gasteiger partial charge is 0.125 e. The average Bonchev–Trinajstić information content (AvgIpc) is 2.57. The van der Waals surface area contributed by atoms with Crippen molar-refractivity contribution in [1.82, 2.24) is 15.2 Å². The Kier molecular flexibility index (Phi) is 1.84. The first-order valence-electron chi connectivity index (χ1n) is 3.82. The van der Waals surface area contributed by atoms with Gasteiger partial charge in [0.05, 0.1) is 11.9 Å². The van der Waals surface area contributed by atoms with Gasteiger partial charge in [0.25, 0.3) is 0 Å². The Hall–Kier alpha value is -2.04. The van der Waals surface area contributed by atoms with Gasteiger partial charge in [-0.2, -0.15) is 5.10 Å². The fourth-order valence-electron chi connectivity index (χ4n) is 1.01. The van der Waals surface area contributed by atoms with Crippen LogP contribution < -0.4 is 11.1 Å². The van der Waals surface area contributed by atoms with Gasteiger partial charge in [0.15, 0.2) is 0 Å². The van der Waals surface area contributed by atoms with Crippen molar-refractivity contribution >= 4 is 17.2 Å². The number of nitrogens with zero attached hydrogens (tertiary/aromatic N) is 2. The third-order valence-corrected chi connectivity index (χ3v) is 1.57. The molecule has 13 heavy (non-hydrogen) atoms. The predicted molar refractivity (Wildman–Crippen MR) is 50.5 cm³/mol. The van der Waals surface area contributed by atoms with Gasteiger partial charge in [0.1, 0.15) is 5.82 Å². The summed E-state index contributed by atoms with van der Waals surface area (Å²) in [6, 6.07) is 3.59. The lowest BCUT2D eigenvalue weighted by Gasteiger charge is -2.02. The van der Waals surface area contributed by atoms with Crippen LogP contribution in [0.2, 0.25) is 0 Å². The molecule has 2 aromatic rings. The standard InChI is InChI=1S/C8H9N5/c9-8-3-6(1-2-10-8)13-7-4-11-12-5-7/h1-5H,(H,11,12)(H3,9,10,13). The molecule has 0 unspecified atom stereocenters. The largest absolute Gasteiger partial charge is 0.384 e. The monoisotopic (exact) mass is 175 g/mol. The SMILES string of the molecule is Nc1cc(Nc2cn[nH]c2)ccn1. The molecular formula is C8H9N5. The summed E-state index contributed by atoms with van der Waals surface area (Å²) >= 11 is 0. The third-order valence-electron chi connectivity index (χ3n) is 1.57. The fourth-order valence-corrected chi connectivity index (χ4v) is 1.01. The van der Waals surface area contributed by atoms with Gasteiger partial charge in [0, 0.05) is 24.1 Å². The van der Waals surface area contributed by atoms with E-state index in [1.165, 1.54) is 0 Å². The van der Waals surface area contributed by atoms with Crippen LogP contribution in [0.4, 0.5) is 17.2 Å². The van der Waals surface area contributed by atoms with E-state index in [1.807, 2.05) is 6.07 Å². The second-order valence-electron chi connectivity index (χ2n) is 2.58. The summed E-state index contributed by atoms with van der Waals surface area (Å²) in [5.41, 5.74) is 7.30. The third kappa shape index (κ3) is 1.76. The highest BCUT2D eigenvalue weighted by molar-refractivity contribution is 5.60. The minimum Gasteiger partial charge on any atom is -0.384 e. The summed E-state index contributed by atoms with van der Waals surface area (Å²) in [5, 5.41) is 9.62. The number of hydrogen-bond donors (Lipinski definition) is 3. The molecule has 0 aliphatic heterocycles. The molecule has 0 radical (unpaired) electrons. The number of hydrogen-bond acceptors (Lipinski definition) is 4. The Morgan fingerprint density at radius 3 is 3.00 bits per heavy atom. The summed E-state index contributed by atoms with van der Waals surface area (Å²) in [5.74, 6) is 0.494. The maximum absolute atomic E-state index is 5.51. The summed E-state index contributed by atoms with van der Waals surface area (Å²) in [7, 11) is 0. The average molecular weight is 175 g/mol. The summed E-state index contributed by atoms with van der Waals surface area (Å²) in [6.45, 7) is 0. The Bertz CT molecular complexity index is 381. The second kappa shape index (κ2) is 3.14. The number of pyridine rings is 1. The maximum atomic E-state index is 5.51. The van der Waals surface area contributed by atoms with E-state index in [1.54, 1.807) is 24.7 Å². The van der Waals surface area contributed by atoms with Gasteiger partial charge in [-0.15, -0.1) is 0 Å². The van der Waals surface area contributed by atoms with E-state index >= 15 is 0 Å². The van der Waals surface area contributed by atoms with Crippen LogP contribution in [0.3, 0.4) is 0 Å². The molecule has 0 aliphatic carbocycles. The number of rotatable bonds is 2. The number of nitrogens with one attached hydrogen (secondary N) is 2. The lowest BCUT2D eigenvalue weighted by atomic mass is 10.4. The highest BCUT2D eigenvalue weighted by Gasteiger charge is 1.95. The van der Waals surface area contributed by atoms with Crippen molar-refractivity contribution in [1.29, 1.82) is 0 Å². The molecule has 0 bridgehead atoms. The first kappa shape index (κ1) is 7.60. The molecule has 4 N–H and O–H groups in total. The van der Waals surface area contributed by atoms with Gasteiger partial charge in [-0.1, -0.05) is 0 Å². The van der Waals surface area contributed by atoms with Gasteiger partial charge in [-0.25, -0.2) is 4.98 Å². The Balaban J connectivity index is 2.19. The van der Waals surface area contributed by atoms with Gasteiger partial charge >= 0.3 is 0 Å². The molecule has 0 atom stereocenters. The zero-order valence-electron chi connectivity index (χ0n) is 6.86. The first-order valence-corrected chi connectivity index (χ1v) is 3.82. The molecule has 0 fully saturated rings. The van der Waals surface area contributed by atoms with E-state index in [9.17, 15) is 0 Å². The maximum Gasteiger partial charge on any atom is 0.125 e. The van der Waals surface area contributed by atoms with Crippen LogP contribution in [0.1, 0.15) is 0 Å². The van der Waals surface area contributed by atoms with Crippen molar-refractivity contribution in [3.8, 4) is 0 Å². The zero-order valence-corrected chi connectivity index (χ0v) is 6.86. The number of nitrogen functional groups attached to an aromatic ring is 1. The van der Waals surface area contributed by atoms with Crippen LogP contribution in [0.5, 0.6) is 0 Å². The van der Waals surface area contributed by atoms with Crippen LogP contribution in [0, 0.1) is 0 Å². The van der Waals surface area contributed by atoms with E-state index < -0.39 is 0 Å². The summed E-state index contributed by atoms with van der Waals surface area (Å²) in [4.78, 5) is 3.88. The molecule has 5 heteroatoms. The molecule has 2 rings (SSSR count). The van der Waals surface area contributed by atoms with Crippen LogP contribution in [0.25, 0.3) is 0 Å².